The lowest BCUT2D eigenvalue weighted by Crippen LogP contribution is -2.18. The van der Waals surface area contributed by atoms with Crippen LogP contribution >= 0.6 is 0 Å². The minimum Gasteiger partial charge on any atom is -0.494 e. The number of carbonyl (C=O) groups excluding carboxylic acids is 1. The lowest BCUT2D eigenvalue weighted by atomic mass is 9.98. The van der Waals surface area contributed by atoms with Crippen molar-refractivity contribution in [2.24, 2.45) is 0 Å². The number of hydrogen-bond donors (Lipinski definition) is 2. The molecule has 1 aliphatic heterocycles. The van der Waals surface area contributed by atoms with Gasteiger partial charge in [0.2, 0.25) is 0 Å². The second-order valence-electron chi connectivity index (χ2n) is 10.9. The van der Waals surface area contributed by atoms with Crippen molar-refractivity contribution in [1.29, 1.82) is 0 Å². The number of ether oxygens (including phenoxy) is 2. The number of pyridine rings is 1. The topological polar surface area (TPSA) is 132 Å². The predicted molar refractivity (Wildman–Crippen MR) is 172 cm³/mol. The van der Waals surface area contributed by atoms with E-state index in [-0.39, 0.29) is 29.0 Å². The molecule has 0 amide bonds. The molecule has 1 aliphatic rings. The van der Waals surface area contributed by atoms with E-state index in [0.717, 1.165) is 30.8 Å². The van der Waals surface area contributed by atoms with Crippen LogP contribution in [0.5, 0.6) is 5.75 Å². The number of hydrogen-bond acceptors (Lipinski definition) is 8. The first kappa shape index (κ1) is 35.0. The average Bonchev–Trinajstić information content (AvgIpc) is 3.50. The Labute approximate surface area is 272 Å². The van der Waals surface area contributed by atoms with Gasteiger partial charge in [-0.3, -0.25) is 9.59 Å². The number of anilines is 1. The van der Waals surface area contributed by atoms with Crippen LogP contribution in [0.2, 0.25) is 0 Å². The molecule has 0 aliphatic carbocycles. The summed E-state index contributed by atoms with van der Waals surface area (Å²) >= 11 is 0. The number of halogens is 2. The number of cyclic esters (lactones) is 1. The average molecular weight is 667 g/mol. The van der Waals surface area contributed by atoms with Gasteiger partial charge in [-0.1, -0.05) is 36.4 Å². The second-order valence-corrected chi connectivity index (χ2v) is 13.0. The molecule has 0 radical (unpaired) electrons. The number of aliphatic carboxylic acids is 1. The molecule has 248 valence electrons. The Morgan fingerprint density at radius 3 is 2.34 bits per heavy atom. The smallest absolute Gasteiger partial charge is 0.306 e. The van der Waals surface area contributed by atoms with Gasteiger partial charge in [0.15, 0.2) is 9.84 Å². The molecule has 0 spiro atoms. The quantitative estimate of drug-likeness (QED) is 0.116. The highest BCUT2D eigenvalue weighted by molar-refractivity contribution is 7.91. The summed E-state index contributed by atoms with van der Waals surface area (Å²) in [6.45, 7) is 1.58. The summed E-state index contributed by atoms with van der Waals surface area (Å²) in [5.74, 6) is -1.90. The molecule has 0 saturated carbocycles. The minimum atomic E-state index is -3.81. The Morgan fingerprint density at radius 1 is 0.979 bits per heavy atom. The molecule has 3 aromatic carbocycles. The summed E-state index contributed by atoms with van der Waals surface area (Å²) in [5.41, 5.74) is 1.42. The van der Waals surface area contributed by atoms with E-state index in [9.17, 15) is 31.9 Å². The van der Waals surface area contributed by atoms with Crippen LogP contribution in [-0.4, -0.2) is 56.0 Å². The van der Waals surface area contributed by atoms with Crippen molar-refractivity contribution in [3.05, 3.63) is 120 Å². The normalized spacial score (nSPS) is 14.8. The van der Waals surface area contributed by atoms with E-state index in [0.29, 0.717) is 30.9 Å². The lowest BCUT2D eigenvalue weighted by Gasteiger charge is -2.16. The number of unbranched alkanes of at least 4 members (excludes halogenated alkanes) is 1. The maximum atomic E-state index is 13.3. The second kappa shape index (κ2) is 17.2. The molecule has 1 fully saturated rings. The van der Waals surface area contributed by atoms with Gasteiger partial charge in [0.1, 0.15) is 23.2 Å². The number of sulfone groups is 1. The molecule has 1 saturated heterocycles. The lowest BCUT2D eigenvalue weighted by molar-refractivity contribution is -0.138. The fourth-order valence-electron chi connectivity index (χ4n) is 4.90. The van der Waals surface area contributed by atoms with Crippen LogP contribution in [-0.2, 0) is 24.2 Å². The van der Waals surface area contributed by atoms with Gasteiger partial charge in [-0.2, -0.15) is 0 Å². The van der Waals surface area contributed by atoms with Crippen LogP contribution in [0.4, 0.5) is 14.6 Å². The summed E-state index contributed by atoms with van der Waals surface area (Å²) in [5, 5.41) is 12.4. The van der Waals surface area contributed by atoms with Crippen molar-refractivity contribution >= 4 is 27.6 Å². The molecular weight excluding hydrogens is 630 g/mol. The Kier molecular flexibility index (Phi) is 12.8. The Morgan fingerprint density at radius 2 is 1.70 bits per heavy atom. The van der Waals surface area contributed by atoms with Crippen molar-refractivity contribution < 1.29 is 41.4 Å². The molecule has 9 nitrogen and oxygen atoms in total. The van der Waals surface area contributed by atoms with Gasteiger partial charge in [-0.15, -0.1) is 0 Å². The molecule has 0 bridgehead atoms. The molecule has 4 aromatic rings. The van der Waals surface area contributed by atoms with Gasteiger partial charge in [0.05, 0.1) is 36.7 Å². The summed E-state index contributed by atoms with van der Waals surface area (Å²) in [7, 11) is -3.81. The highest BCUT2D eigenvalue weighted by Crippen LogP contribution is 2.28. The van der Waals surface area contributed by atoms with E-state index in [1.807, 2.05) is 18.2 Å². The molecule has 2 heterocycles. The Hall–Kier alpha value is -4.84. The third-order valence-corrected chi connectivity index (χ3v) is 9.17. The van der Waals surface area contributed by atoms with Gasteiger partial charge in [-0.25, -0.2) is 22.2 Å². The first-order valence-corrected chi connectivity index (χ1v) is 16.7. The van der Waals surface area contributed by atoms with Crippen LogP contribution in [0.25, 0.3) is 0 Å². The number of carboxylic acids is 1. The number of aromatic nitrogens is 1. The monoisotopic (exact) mass is 666 g/mol. The highest BCUT2D eigenvalue weighted by atomic mass is 32.2. The number of esters is 1. The van der Waals surface area contributed by atoms with Gasteiger partial charge in [0, 0.05) is 24.6 Å². The van der Waals surface area contributed by atoms with Gasteiger partial charge < -0.3 is 19.9 Å². The van der Waals surface area contributed by atoms with Gasteiger partial charge in [0.25, 0.3) is 0 Å². The van der Waals surface area contributed by atoms with E-state index in [1.165, 1.54) is 48.5 Å². The summed E-state index contributed by atoms with van der Waals surface area (Å²) in [6, 6.07) is 23.2. The first-order valence-electron chi connectivity index (χ1n) is 15.1. The van der Waals surface area contributed by atoms with Crippen LogP contribution in [0.1, 0.15) is 48.6 Å². The summed E-state index contributed by atoms with van der Waals surface area (Å²) in [4.78, 5) is 26.3. The number of benzene rings is 3. The molecule has 2 atom stereocenters. The zero-order valence-electron chi connectivity index (χ0n) is 25.6. The number of carboxylic acid groups (broad SMARTS) is 1. The SMILES string of the molecule is O=C(O)CC(CS(=O)(=O)c1cccc(OCCCCNc2ccccn2)c1)c1ccc(F)cc1.O=C1CC(c2ccc(F)cc2)CO1. The predicted octanol–water partition coefficient (Wildman–Crippen LogP) is 6.38. The molecule has 2 N–H and O–H groups in total. The summed E-state index contributed by atoms with van der Waals surface area (Å²) < 4.78 is 62.4. The molecule has 2 unspecified atom stereocenters. The van der Waals surface area contributed by atoms with E-state index in [2.05, 4.69) is 10.3 Å². The fourth-order valence-corrected chi connectivity index (χ4v) is 6.51. The molecule has 1 aromatic heterocycles. The zero-order chi connectivity index (χ0) is 33.6. The third kappa shape index (κ3) is 11.5. The van der Waals surface area contributed by atoms with Gasteiger partial charge in [-0.05, 0) is 78.6 Å². The van der Waals surface area contributed by atoms with Crippen molar-refractivity contribution in [2.75, 3.05) is 30.8 Å². The molecule has 47 heavy (non-hydrogen) atoms. The van der Waals surface area contributed by atoms with E-state index >= 15 is 0 Å². The number of nitrogens with zero attached hydrogens (tertiary/aromatic N) is 1. The van der Waals surface area contributed by atoms with Crippen LogP contribution in [0.3, 0.4) is 0 Å². The standard InChI is InChI=1S/C25H27FN2O5S.C10H9FO2/c26-21-11-9-19(10-12-21)20(16-25(29)30)18-34(31,32)23-7-5-6-22(17-23)33-15-4-3-14-28-24-8-1-2-13-27-24;11-9-3-1-7(2-4-9)8-5-10(12)13-6-8/h1-2,5-13,17,20H,3-4,14-16,18H2,(H,27,28)(H,29,30);1-4,8H,5-6H2. The number of carbonyl (C=O) groups is 2. The van der Waals surface area contributed by atoms with Crippen molar-refractivity contribution in [3.63, 3.8) is 0 Å². The van der Waals surface area contributed by atoms with Crippen molar-refractivity contribution in [1.82, 2.24) is 4.98 Å². The zero-order valence-corrected chi connectivity index (χ0v) is 26.4. The van der Waals surface area contributed by atoms with Crippen LogP contribution in [0, 0.1) is 11.6 Å². The molecule has 12 heteroatoms. The highest BCUT2D eigenvalue weighted by Gasteiger charge is 2.26. The Bertz CT molecular complexity index is 1700. The van der Waals surface area contributed by atoms with E-state index in [4.69, 9.17) is 9.47 Å². The summed E-state index contributed by atoms with van der Waals surface area (Å²) in [6.07, 6.45) is 3.36. The van der Waals surface area contributed by atoms with Crippen LogP contribution < -0.4 is 10.1 Å². The molecule has 5 rings (SSSR count). The minimum absolute atomic E-state index is 0.0549. The first-order chi connectivity index (χ1) is 22.6. The third-order valence-electron chi connectivity index (χ3n) is 7.36. The number of nitrogens with one attached hydrogen (secondary N) is 1. The van der Waals surface area contributed by atoms with E-state index in [1.54, 1.807) is 30.5 Å². The van der Waals surface area contributed by atoms with Crippen LogP contribution in [0.15, 0.2) is 102 Å². The van der Waals surface area contributed by atoms with E-state index < -0.39 is 33.3 Å². The Balaban J connectivity index is 0.000000318. The van der Waals surface area contributed by atoms with Crippen molar-refractivity contribution in [2.45, 2.75) is 42.4 Å². The number of rotatable bonds is 14. The maximum absolute atomic E-state index is 13.3. The largest absolute Gasteiger partial charge is 0.494 e. The van der Waals surface area contributed by atoms with Crippen molar-refractivity contribution in [3.8, 4) is 5.75 Å². The fraction of sp³-hybridized carbons (Fsp3) is 0.286. The van der Waals surface area contributed by atoms with Gasteiger partial charge >= 0.3 is 11.9 Å². The maximum Gasteiger partial charge on any atom is 0.306 e. The molecular formula is C35H36F2N2O7S.